The van der Waals surface area contributed by atoms with Gasteiger partial charge in [-0.15, -0.1) is 0 Å². The van der Waals surface area contributed by atoms with Gasteiger partial charge in [-0.2, -0.15) is 4.98 Å². The Hall–Kier alpha value is -4.35. The Balaban J connectivity index is 1.17. The van der Waals surface area contributed by atoms with E-state index in [-0.39, 0.29) is 23.2 Å². The normalized spacial score (nSPS) is 17.0. The summed E-state index contributed by atoms with van der Waals surface area (Å²) in [6.07, 6.45) is 3.79. The summed E-state index contributed by atoms with van der Waals surface area (Å²) in [6.45, 7) is 1.16. The second kappa shape index (κ2) is 10.9. The molecule has 1 fully saturated rings. The van der Waals surface area contributed by atoms with Crippen molar-refractivity contribution in [3.05, 3.63) is 95.9 Å². The van der Waals surface area contributed by atoms with Gasteiger partial charge < -0.3 is 16.0 Å². The summed E-state index contributed by atoms with van der Waals surface area (Å²) in [6, 6.07) is 20.5. The van der Waals surface area contributed by atoms with E-state index in [0.717, 1.165) is 35.1 Å². The van der Waals surface area contributed by atoms with Crippen LogP contribution in [0.25, 0.3) is 11.1 Å². The van der Waals surface area contributed by atoms with Crippen LogP contribution in [0.1, 0.15) is 30.4 Å². The number of rotatable bonds is 5. The minimum atomic E-state index is -3.62. The molecule has 2 heterocycles. The Morgan fingerprint density at radius 3 is 2.54 bits per heavy atom. The first-order valence-corrected chi connectivity index (χ1v) is 14.9. The largest absolute Gasteiger partial charge is 0.369 e. The molecule has 0 spiro atoms. The van der Waals surface area contributed by atoms with Crippen LogP contribution in [0, 0.1) is 5.82 Å². The summed E-state index contributed by atoms with van der Waals surface area (Å²) in [4.78, 5) is 22.3. The molecule has 41 heavy (non-hydrogen) atoms. The van der Waals surface area contributed by atoms with Crippen molar-refractivity contribution in [3.63, 3.8) is 0 Å². The highest BCUT2D eigenvalue weighted by atomic mass is 32.2. The molecule has 11 heteroatoms. The van der Waals surface area contributed by atoms with Crippen molar-refractivity contribution in [1.29, 1.82) is 0 Å². The van der Waals surface area contributed by atoms with Gasteiger partial charge in [0.15, 0.2) is 0 Å². The quantitative estimate of drug-likeness (QED) is 0.278. The molecule has 1 aromatic heterocycles. The van der Waals surface area contributed by atoms with E-state index in [9.17, 15) is 17.6 Å². The van der Waals surface area contributed by atoms with Crippen molar-refractivity contribution in [1.82, 2.24) is 20.0 Å². The Kier molecular flexibility index (Phi) is 7.14. The third-order valence-electron chi connectivity index (χ3n) is 7.43. The van der Waals surface area contributed by atoms with Gasteiger partial charge in [0.1, 0.15) is 11.6 Å². The highest BCUT2D eigenvalue weighted by Gasteiger charge is 2.51. The highest BCUT2D eigenvalue weighted by Crippen LogP contribution is 2.48. The fourth-order valence-corrected chi connectivity index (χ4v) is 6.06. The molecule has 0 saturated heterocycles. The standard InChI is InChI=1S/C30H29FN6O3S/c31-23-11-9-22(10-12-23)30(13-14-30)28(38)33-18-20-5-7-21(8-6-20)26-19-34-29-36-24-3-1-4-25(17-24)41(39,40)35-16-2-15-32-27(26)37-29/h1,3-12,17,19,35H,2,13-16,18H2,(H,33,38)(H2,32,34,36,37). The van der Waals surface area contributed by atoms with Crippen molar-refractivity contribution in [2.24, 2.45) is 0 Å². The lowest BCUT2D eigenvalue weighted by Gasteiger charge is -2.16. The number of sulfonamides is 1. The first-order chi connectivity index (χ1) is 19.8. The van der Waals surface area contributed by atoms with Crippen LogP contribution in [0.2, 0.25) is 0 Å². The van der Waals surface area contributed by atoms with Gasteiger partial charge in [0.2, 0.25) is 21.9 Å². The molecular formula is C30H29FN6O3S. The van der Waals surface area contributed by atoms with Gasteiger partial charge >= 0.3 is 0 Å². The number of halogens is 1. The number of carbonyl (C=O) groups excluding carboxylic acids is 1. The lowest BCUT2D eigenvalue weighted by Crippen LogP contribution is -2.34. The molecule has 210 valence electrons. The number of nitrogens with one attached hydrogen (secondary N) is 4. The number of carbonyl (C=O) groups is 1. The van der Waals surface area contributed by atoms with Crippen molar-refractivity contribution in [3.8, 4) is 11.1 Å². The minimum Gasteiger partial charge on any atom is -0.369 e. The molecule has 1 saturated carbocycles. The molecule has 1 amide bonds. The van der Waals surface area contributed by atoms with Crippen LogP contribution >= 0.6 is 0 Å². The molecule has 4 aromatic rings. The summed E-state index contributed by atoms with van der Waals surface area (Å²) in [7, 11) is -3.62. The fourth-order valence-electron chi connectivity index (χ4n) is 4.94. The first kappa shape index (κ1) is 26.9. The topological polar surface area (TPSA) is 125 Å². The van der Waals surface area contributed by atoms with E-state index >= 15 is 0 Å². The van der Waals surface area contributed by atoms with Crippen LogP contribution in [0.4, 0.5) is 21.8 Å². The van der Waals surface area contributed by atoms with Gasteiger partial charge in [0.05, 0.1) is 10.3 Å². The molecule has 6 rings (SSSR count). The zero-order valence-electron chi connectivity index (χ0n) is 22.2. The maximum atomic E-state index is 13.3. The van der Waals surface area contributed by atoms with Crippen LogP contribution in [0.3, 0.4) is 0 Å². The number of fused-ring (bicyclic) bond motifs is 4. The fraction of sp³-hybridized carbons (Fsp3) is 0.233. The maximum absolute atomic E-state index is 13.3. The van der Waals surface area contributed by atoms with Crippen LogP contribution in [-0.2, 0) is 26.8 Å². The molecule has 9 nitrogen and oxygen atoms in total. The van der Waals surface area contributed by atoms with Crippen molar-refractivity contribution < 1.29 is 17.6 Å². The molecule has 0 atom stereocenters. The summed E-state index contributed by atoms with van der Waals surface area (Å²) in [5.41, 5.74) is 3.47. The smallest absolute Gasteiger partial charge is 0.240 e. The summed E-state index contributed by atoms with van der Waals surface area (Å²) < 4.78 is 41.2. The predicted octanol–water partition coefficient (Wildman–Crippen LogP) is 4.47. The minimum absolute atomic E-state index is 0.0482. The summed E-state index contributed by atoms with van der Waals surface area (Å²) in [5.74, 6) is 0.601. The Morgan fingerprint density at radius 1 is 1.00 bits per heavy atom. The van der Waals surface area contributed by atoms with E-state index in [1.165, 1.54) is 12.1 Å². The van der Waals surface area contributed by atoms with Gasteiger partial charge in [0.25, 0.3) is 0 Å². The molecular weight excluding hydrogens is 543 g/mol. The van der Waals surface area contributed by atoms with E-state index in [1.807, 2.05) is 24.3 Å². The van der Waals surface area contributed by atoms with Gasteiger partial charge in [-0.1, -0.05) is 42.5 Å². The van der Waals surface area contributed by atoms with E-state index < -0.39 is 15.4 Å². The Labute approximate surface area is 237 Å². The second-order valence-corrected chi connectivity index (χ2v) is 12.0. The van der Waals surface area contributed by atoms with Crippen molar-refractivity contribution in [2.75, 3.05) is 23.7 Å². The number of benzene rings is 3. The average molecular weight is 573 g/mol. The van der Waals surface area contributed by atoms with Crippen LogP contribution < -0.4 is 20.7 Å². The number of nitrogens with zero attached hydrogens (tertiary/aromatic N) is 2. The molecule has 0 radical (unpaired) electrons. The van der Waals surface area contributed by atoms with Gasteiger partial charge in [-0.3, -0.25) is 4.79 Å². The molecule has 2 aliphatic rings. The van der Waals surface area contributed by atoms with E-state index in [1.54, 1.807) is 42.6 Å². The van der Waals surface area contributed by atoms with E-state index in [2.05, 4.69) is 30.6 Å². The molecule has 0 unspecified atom stereocenters. The van der Waals surface area contributed by atoms with Crippen LogP contribution in [-0.4, -0.2) is 37.4 Å². The number of hydrogen-bond acceptors (Lipinski definition) is 7. The Morgan fingerprint density at radius 2 is 1.78 bits per heavy atom. The number of amides is 1. The van der Waals surface area contributed by atoms with Crippen LogP contribution in [0.15, 0.2) is 83.9 Å². The highest BCUT2D eigenvalue weighted by molar-refractivity contribution is 7.89. The third kappa shape index (κ3) is 5.77. The number of hydrogen-bond donors (Lipinski definition) is 4. The summed E-state index contributed by atoms with van der Waals surface area (Å²) >= 11 is 0. The molecule has 3 aromatic carbocycles. The molecule has 4 N–H and O–H groups in total. The van der Waals surface area contributed by atoms with E-state index in [0.29, 0.717) is 37.0 Å². The lowest BCUT2D eigenvalue weighted by atomic mass is 9.95. The molecule has 4 bridgehead atoms. The Bertz CT molecular complexity index is 1690. The van der Waals surface area contributed by atoms with E-state index in [4.69, 9.17) is 0 Å². The second-order valence-electron chi connectivity index (χ2n) is 10.3. The zero-order chi connectivity index (χ0) is 28.5. The molecule has 1 aliphatic carbocycles. The average Bonchev–Trinajstić information content (AvgIpc) is 3.79. The maximum Gasteiger partial charge on any atom is 0.240 e. The summed E-state index contributed by atoms with van der Waals surface area (Å²) in [5, 5.41) is 9.45. The van der Waals surface area contributed by atoms with Gasteiger partial charge in [-0.25, -0.2) is 22.5 Å². The first-order valence-electron chi connectivity index (χ1n) is 13.4. The van der Waals surface area contributed by atoms with Crippen molar-refractivity contribution in [2.45, 2.75) is 36.1 Å². The predicted molar refractivity (Wildman–Crippen MR) is 155 cm³/mol. The third-order valence-corrected chi connectivity index (χ3v) is 8.89. The van der Waals surface area contributed by atoms with Gasteiger partial charge in [-0.05, 0) is 66.3 Å². The zero-order valence-corrected chi connectivity index (χ0v) is 23.0. The number of aromatic nitrogens is 2. The van der Waals surface area contributed by atoms with Crippen molar-refractivity contribution >= 4 is 33.4 Å². The van der Waals surface area contributed by atoms with Crippen LogP contribution in [0.5, 0.6) is 0 Å². The lowest BCUT2D eigenvalue weighted by molar-refractivity contribution is -0.123. The number of anilines is 3. The monoisotopic (exact) mass is 572 g/mol. The molecule has 1 aliphatic heterocycles. The SMILES string of the molecule is O=C(NCc1ccc(-c2cnc3nc2NCCCNS(=O)(=O)c2cccc(c2)N3)cc1)C1(c2ccc(F)cc2)CC1. The van der Waals surface area contributed by atoms with Gasteiger partial charge in [0, 0.05) is 37.1 Å².